The van der Waals surface area contributed by atoms with E-state index < -0.39 is 108 Å². The van der Waals surface area contributed by atoms with Gasteiger partial charge in [-0.1, -0.05) is 120 Å². The van der Waals surface area contributed by atoms with Gasteiger partial charge >= 0.3 is 0 Å². The van der Waals surface area contributed by atoms with Crippen LogP contribution in [0.25, 0.3) is 0 Å². The number of nitrogens with one attached hydrogen (secondary N) is 7. The number of hydrogen-bond acceptors (Lipinski definition) is 10. The quantitative estimate of drug-likeness (QED) is 0.0566. The molecule has 10 N–H and O–H groups in total. The first kappa shape index (κ1) is 56.3. The summed E-state index contributed by atoms with van der Waals surface area (Å²) < 4.78 is 0. The molecule has 0 spiro atoms. The maximum absolute atomic E-state index is 14.4. The minimum atomic E-state index is -1.38. The number of carbonyl (C=O) groups excluding carboxylic acids is 8. The van der Waals surface area contributed by atoms with E-state index in [1.165, 1.54) is 18.2 Å². The van der Waals surface area contributed by atoms with Gasteiger partial charge < -0.3 is 52.6 Å². The lowest BCUT2D eigenvalue weighted by molar-refractivity contribution is -0.142. The molecule has 1 aliphatic carbocycles. The Bertz CT molecular complexity index is 2260. The second kappa shape index (κ2) is 27.8. The molecule has 1 saturated heterocycles. The van der Waals surface area contributed by atoms with Crippen LogP contribution in [0.2, 0.25) is 0 Å². The topological polar surface area (TPSA) is 287 Å². The molecular formula is C53H76N10O9. The summed E-state index contributed by atoms with van der Waals surface area (Å²) in [6.45, 7) is 8.86. The molecule has 0 unspecified atom stereocenters. The standard InChI is InChI=1S/C53H76N10O9/c1-32(2)24-41(49(68)60-40(48(54)67)26-36-18-11-7-12-19-36)58-46(66)29-45(65)39(25-35-16-9-6-10-17-35)59-52(71)47(33(3)4)62-50(69)42(27-37-20-13-8-14-21-37)61-51(70)44-22-15-23-63(44)53(72)43(57-34(5)64)28-38-30-55-31-56-38/h7-8,11-14,18-21,30-33,35,39-45,47,65H,6,9-10,15-17,22-29H2,1-5H3,(H2,54,67)(H,55,56)(H,57,64)(H,58,66)(H,59,71)(H,60,68)(H,61,70)(H,62,69)/t39-,40-,41-,42-,43-,44+,45-,47-/m0/s1. The van der Waals surface area contributed by atoms with Crippen molar-refractivity contribution < 1.29 is 43.5 Å². The number of amides is 8. The molecule has 8 atom stereocenters. The van der Waals surface area contributed by atoms with Gasteiger partial charge in [0, 0.05) is 44.6 Å². The molecule has 0 radical (unpaired) electrons. The number of benzene rings is 2. The molecule has 2 heterocycles. The molecular weight excluding hydrogens is 921 g/mol. The molecule has 1 saturated carbocycles. The van der Waals surface area contributed by atoms with Crippen molar-refractivity contribution in [1.29, 1.82) is 0 Å². The Morgan fingerprint density at radius 3 is 1.90 bits per heavy atom. The Hall–Kier alpha value is -6.63. The lowest BCUT2D eigenvalue weighted by Gasteiger charge is -2.33. The highest BCUT2D eigenvalue weighted by molar-refractivity contribution is 5.96. The Labute approximate surface area is 422 Å². The van der Waals surface area contributed by atoms with Crippen LogP contribution in [0.5, 0.6) is 0 Å². The summed E-state index contributed by atoms with van der Waals surface area (Å²) in [5.41, 5.74) is 7.82. The lowest BCUT2D eigenvalue weighted by atomic mass is 9.83. The first-order chi connectivity index (χ1) is 34.4. The molecule has 2 aliphatic rings. The van der Waals surface area contributed by atoms with Crippen LogP contribution in [0.4, 0.5) is 0 Å². The van der Waals surface area contributed by atoms with Gasteiger partial charge in [-0.2, -0.15) is 0 Å². The van der Waals surface area contributed by atoms with E-state index in [4.69, 9.17) is 5.73 Å². The highest BCUT2D eigenvalue weighted by Gasteiger charge is 2.40. The van der Waals surface area contributed by atoms with E-state index in [2.05, 4.69) is 41.9 Å². The van der Waals surface area contributed by atoms with Crippen LogP contribution in [0.1, 0.15) is 116 Å². The van der Waals surface area contributed by atoms with E-state index in [-0.39, 0.29) is 44.1 Å². The fourth-order valence-corrected chi connectivity index (χ4v) is 9.68. The molecule has 3 aromatic rings. The van der Waals surface area contributed by atoms with Crippen LogP contribution in [0.3, 0.4) is 0 Å². The number of rotatable bonds is 26. The second-order valence-electron chi connectivity index (χ2n) is 20.2. The average Bonchev–Trinajstić information content (AvgIpc) is 4.06. The molecule has 8 amide bonds. The van der Waals surface area contributed by atoms with Crippen LogP contribution in [-0.2, 0) is 57.6 Å². The number of aliphatic hydroxyl groups excluding tert-OH is 1. The first-order valence-corrected chi connectivity index (χ1v) is 25.5. The zero-order chi connectivity index (χ0) is 52.3. The van der Waals surface area contributed by atoms with Crippen molar-refractivity contribution in [3.05, 3.63) is 90.0 Å². The summed E-state index contributed by atoms with van der Waals surface area (Å²) >= 11 is 0. The Morgan fingerprint density at radius 1 is 0.708 bits per heavy atom. The fourth-order valence-electron chi connectivity index (χ4n) is 9.68. The van der Waals surface area contributed by atoms with Crippen LogP contribution in [0.15, 0.2) is 73.2 Å². The van der Waals surface area contributed by atoms with Crippen molar-refractivity contribution in [2.24, 2.45) is 23.5 Å². The normalized spacial score (nSPS) is 17.9. The molecule has 1 aromatic heterocycles. The second-order valence-corrected chi connectivity index (χ2v) is 20.2. The SMILES string of the molecule is CC(=O)N[C@@H](Cc1cnc[nH]1)C(=O)N1CCC[C@@H]1C(=O)N[C@@H](Cc1ccccc1)C(=O)N[C@H](C(=O)N[C@@H](CC1CCCCC1)[C@@H](O)CC(=O)N[C@@H](CC(C)C)C(=O)N[C@@H](Cc1ccccc1)C(N)=O)C(C)C. The molecule has 19 nitrogen and oxygen atoms in total. The predicted octanol–water partition coefficient (Wildman–Crippen LogP) is 2.27. The van der Waals surface area contributed by atoms with Gasteiger partial charge in [0.05, 0.1) is 24.9 Å². The van der Waals surface area contributed by atoms with Gasteiger partial charge in [-0.25, -0.2) is 4.98 Å². The summed E-state index contributed by atoms with van der Waals surface area (Å²) in [6.07, 6.45) is 7.75. The smallest absolute Gasteiger partial charge is 0.246 e. The minimum absolute atomic E-state index is 0.0387. The van der Waals surface area contributed by atoms with Crippen molar-refractivity contribution >= 4 is 47.3 Å². The van der Waals surface area contributed by atoms with E-state index >= 15 is 0 Å². The maximum Gasteiger partial charge on any atom is 0.246 e. The summed E-state index contributed by atoms with van der Waals surface area (Å²) in [7, 11) is 0. The molecule has 392 valence electrons. The van der Waals surface area contributed by atoms with E-state index in [1.54, 1.807) is 32.2 Å². The van der Waals surface area contributed by atoms with Gasteiger partial charge in [-0.05, 0) is 54.6 Å². The van der Waals surface area contributed by atoms with Crippen molar-refractivity contribution in [2.45, 2.75) is 166 Å². The van der Waals surface area contributed by atoms with E-state index in [9.17, 15) is 43.5 Å². The van der Waals surface area contributed by atoms with Gasteiger partial charge in [-0.15, -0.1) is 0 Å². The summed E-state index contributed by atoms with van der Waals surface area (Å²) in [4.78, 5) is 117. The highest BCUT2D eigenvalue weighted by Crippen LogP contribution is 2.29. The largest absolute Gasteiger partial charge is 0.390 e. The summed E-state index contributed by atoms with van der Waals surface area (Å²) in [5, 5.41) is 28.7. The summed E-state index contributed by atoms with van der Waals surface area (Å²) in [5.74, 6) is -4.99. The molecule has 2 aromatic carbocycles. The number of likely N-dealkylation sites (tertiary alicyclic amines) is 1. The Kier molecular flexibility index (Phi) is 21.8. The molecule has 2 fully saturated rings. The fraction of sp³-hybridized carbons (Fsp3) is 0.566. The van der Waals surface area contributed by atoms with E-state index in [0.717, 1.165) is 43.2 Å². The molecule has 0 bridgehead atoms. The number of primary amides is 1. The van der Waals surface area contributed by atoms with Crippen molar-refractivity contribution in [3.8, 4) is 0 Å². The third-order valence-corrected chi connectivity index (χ3v) is 13.5. The maximum atomic E-state index is 14.4. The van der Waals surface area contributed by atoms with Crippen molar-refractivity contribution in [1.82, 2.24) is 46.8 Å². The molecule has 1 aliphatic heterocycles. The van der Waals surface area contributed by atoms with Crippen LogP contribution < -0.4 is 37.6 Å². The van der Waals surface area contributed by atoms with Crippen LogP contribution >= 0.6 is 0 Å². The van der Waals surface area contributed by atoms with Gasteiger partial charge in [0.25, 0.3) is 0 Å². The first-order valence-electron chi connectivity index (χ1n) is 25.5. The third-order valence-electron chi connectivity index (χ3n) is 13.5. The number of aromatic nitrogens is 2. The summed E-state index contributed by atoms with van der Waals surface area (Å²) in [6, 6.07) is 10.9. The Morgan fingerprint density at radius 2 is 1.33 bits per heavy atom. The van der Waals surface area contributed by atoms with Crippen molar-refractivity contribution in [2.75, 3.05) is 6.54 Å². The number of carbonyl (C=O) groups is 8. The number of nitrogens with two attached hydrogens (primary N) is 1. The van der Waals surface area contributed by atoms with Gasteiger partial charge in [0.1, 0.15) is 36.3 Å². The zero-order valence-electron chi connectivity index (χ0n) is 42.4. The van der Waals surface area contributed by atoms with E-state index in [0.29, 0.717) is 25.0 Å². The Balaban J connectivity index is 1.30. The monoisotopic (exact) mass is 997 g/mol. The van der Waals surface area contributed by atoms with E-state index in [1.807, 2.05) is 62.4 Å². The number of aromatic amines is 1. The van der Waals surface area contributed by atoms with Crippen LogP contribution in [0, 0.1) is 17.8 Å². The van der Waals surface area contributed by atoms with Gasteiger partial charge in [0.2, 0.25) is 47.3 Å². The number of imidazole rings is 1. The average molecular weight is 997 g/mol. The number of H-pyrrole nitrogens is 1. The van der Waals surface area contributed by atoms with Crippen molar-refractivity contribution in [3.63, 3.8) is 0 Å². The highest BCUT2D eigenvalue weighted by atomic mass is 16.3. The molecule has 72 heavy (non-hydrogen) atoms. The number of aliphatic hydroxyl groups is 1. The zero-order valence-corrected chi connectivity index (χ0v) is 42.4. The molecule has 5 rings (SSSR count). The number of hydrogen-bond donors (Lipinski definition) is 9. The predicted molar refractivity (Wildman–Crippen MR) is 270 cm³/mol. The lowest BCUT2D eigenvalue weighted by Crippen LogP contribution is -2.60. The van der Waals surface area contributed by atoms with Crippen LogP contribution in [-0.4, -0.2) is 122 Å². The van der Waals surface area contributed by atoms with Gasteiger partial charge in [-0.3, -0.25) is 38.4 Å². The minimum Gasteiger partial charge on any atom is -0.390 e. The van der Waals surface area contributed by atoms with Gasteiger partial charge in [0.15, 0.2) is 0 Å². The third kappa shape index (κ3) is 17.6. The number of nitrogens with zero attached hydrogens (tertiary/aromatic N) is 2. The molecule has 19 heteroatoms.